The van der Waals surface area contributed by atoms with Crippen LogP contribution in [-0.2, 0) is 16.1 Å². The Bertz CT molecular complexity index is 887. The van der Waals surface area contributed by atoms with Gasteiger partial charge < -0.3 is 24.4 Å². The lowest BCUT2D eigenvalue weighted by molar-refractivity contribution is -0.116. The van der Waals surface area contributed by atoms with Gasteiger partial charge >= 0.3 is 0 Å². The summed E-state index contributed by atoms with van der Waals surface area (Å²) >= 11 is 0. The molecule has 0 bridgehead atoms. The fourth-order valence-corrected chi connectivity index (χ4v) is 3.38. The Labute approximate surface area is 191 Å². The van der Waals surface area contributed by atoms with Crippen LogP contribution in [0, 0.1) is 5.92 Å². The van der Waals surface area contributed by atoms with E-state index in [0.29, 0.717) is 24.8 Å². The molecule has 172 valence electrons. The summed E-state index contributed by atoms with van der Waals surface area (Å²) in [7, 11) is 1.63. The Morgan fingerprint density at radius 3 is 2.56 bits per heavy atom. The topological polar surface area (TPSA) is 60.0 Å². The predicted octanol–water partition coefficient (Wildman–Crippen LogP) is 4.29. The maximum atomic E-state index is 12.3. The molecule has 2 aromatic carbocycles. The van der Waals surface area contributed by atoms with Crippen molar-refractivity contribution in [1.82, 2.24) is 5.32 Å². The highest BCUT2D eigenvalue weighted by atomic mass is 16.5. The first-order chi connectivity index (χ1) is 15.5. The first-order valence-electron chi connectivity index (χ1n) is 11.2. The van der Waals surface area contributed by atoms with Gasteiger partial charge in [-0.25, -0.2) is 0 Å². The molecular formula is C26H34N2O4. The number of morpholine rings is 1. The van der Waals surface area contributed by atoms with E-state index in [-0.39, 0.29) is 5.91 Å². The van der Waals surface area contributed by atoms with E-state index in [1.54, 1.807) is 13.2 Å². The molecule has 0 atom stereocenters. The smallest absolute Gasteiger partial charge is 0.244 e. The zero-order chi connectivity index (χ0) is 22.8. The van der Waals surface area contributed by atoms with Crippen molar-refractivity contribution in [3.05, 3.63) is 59.7 Å². The summed E-state index contributed by atoms with van der Waals surface area (Å²) < 4.78 is 16.7. The van der Waals surface area contributed by atoms with Crippen molar-refractivity contribution in [3.8, 4) is 11.5 Å². The van der Waals surface area contributed by atoms with E-state index in [1.165, 1.54) is 5.69 Å². The van der Waals surface area contributed by atoms with E-state index in [1.807, 2.05) is 36.4 Å². The molecule has 6 nitrogen and oxygen atoms in total. The molecule has 1 aliphatic rings. The minimum Gasteiger partial charge on any atom is -0.493 e. The van der Waals surface area contributed by atoms with E-state index in [9.17, 15) is 4.79 Å². The zero-order valence-corrected chi connectivity index (χ0v) is 19.3. The molecule has 1 saturated heterocycles. The van der Waals surface area contributed by atoms with Gasteiger partial charge in [0.15, 0.2) is 11.5 Å². The summed E-state index contributed by atoms with van der Waals surface area (Å²) in [6.07, 6.45) is 4.37. The first kappa shape index (κ1) is 23.7. The quantitative estimate of drug-likeness (QED) is 0.561. The number of hydrogen-bond donors (Lipinski definition) is 1. The third-order valence-corrected chi connectivity index (χ3v) is 5.34. The lowest BCUT2D eigenvalue weighted by Crippen LogP contribution is -2.36. The largest absolute Gasteiger partial charge is 0.493 e. The van der Waals surface area contributed by atoms with Crippen molar-refractivity contribution in [2.45, 2.75) is 26.8 Å². The number of amides is 1. The monoisotopic (exact) mass is 438 g/mol. The van der Waals surface area contributed by atoms with Crippen LogP contribution in [0.15, 0.2) is 48.5 Å². The van der Waals surface area contributed by atoms with E-state index < -0.39 is 0 Å². The average molecular weight is 439 g/mol. The highest BCUT2D eigenvalue weighted by molar-refractivity contribution is 5.91. The number of anilines is 1. The van der Waals surface area contributed by atoms with Gasteiger partial charge in [-0.1, -0.05) is 32.0 Å². The van der Waals surface area contributed by atoms with Gasteiger partial charge in [0.1, 0.15) is 0 Å². The van der Waals surface area contributed by atoms with E-state index >= 15 is 0 Å². The standard InChI is InChI=1S/C26H34N2O4/c1-20(2)12-15-32-24-10-6-22(18-25(24)30-3)19-27-26(29)11-7-21-4-8-23(9-5-21)28-13-16-31-17-14-28/h4-11,18,20H,12-17,19H2,1-3H3,(H,27,29)/b11-7+. The fourth-order valence-electron chi connectivity index (χ4n) is 3.38. The summed E-state index contributed by atoms with van der Waals surface area (Å²) in [5.41, 5.74) is 3.12. The maximum Gasteiger partial charge on any atom is 0.244 e. The lowest BCUT2D eigenvalue weighted by atomic mass is 10.1. The van der Waals surface area contributed by atoms with Crippen LogP contribution in [-0.4, -0.2) is 45.9 Å². The molecule has 0 spiro atoms. The lowest BCUT2D eigenvalue weighted by Gasteiger charge is -2.28. The van der Waals surface area contributed by atoms with Crippen molar-refractivity contribution in [1.29, 1.82) is 0 Å². The Balaban J connectivity index is 1.49. The van der Waals surface area contributed by atoms with Gasteiger partial charge in [-0.15, -0.1) is 0 Å². The minimum absolute atomic E-state index is 0.140. The predicted molar refractivity (Wildman–Crippen MR) is 128 cm³/mol. The summed E-state index contributed by atoms with van der Waals surface area (Å²) in [6, 6.07) is 14.0. The number of carbonyl (C=O) groups excluding carboxylic acids is 1. The van der Waals surface area contributed by atoms with Gasteiger partial charge in [-0.3, -0.25) is 4.79 Å². The minimum atomic E-state index is -0.140. The number of nitrogens with one attached hydrogen (secondary N) is 1. The molecule has 3 rings (SSSR count). The SMILES string of the molecule is COc1cc(CNC(=O)/C=C/c2ccc(N3CCOCC3)cc2)ccc1OCCC(C)C. The van der Waals surface area contributed by atoms with Crippen molar-refractivity contribution < 1.29 is 19.0 Å². The highest BCUT2D eigenvalue weighted by Gasteiger charge is 2.10. The second-order valence-corrected chi connectivity index (χ2v) is 8.26. The molecule has 1 N–H and O–H groups in total. The third-order valence-electron chi connectivity index (χ3n) is 5.34. The molecule has 1 aliphatic heterocycles. The fraction of sp³-hybridized carbons (Fsp3) is 0.423. The number of carbonyl (C=O) groups is 1. The van der Waals surface area contributed by atoms with Crippen molar-refractivity contribution in [2.75, 3.05) is 44.9 Å². The van der Waals surface area contributed by atoms with Crippen LogP contribution in [0.4, 0.5) is 5.69 Å². The summed E-state index contributed by atoms with van der Waals surface area (Å²) in [4.78, 5) is 14.6. The van der Waals surface area contributed by atoms with Crippen molar-refractivity contribution >= 4 is 17.7 Å². The molecule has 2 aromatic rings. The van der Waals surface area contributed by atoms with Crippen molar-refractivity contribution in [3.63, 3.8) is 0 Å². The van der Waals surface area contributed by atoms with Gasteiger partial charge in [0.05, 0.1) is 26.9 Å². The molecular weight excluding hydrogens is 404 g/mol. The second kappa shape index (κ2) is 12.2. The van der Waals surface area contributed by atoms with Crippen LogP contribution in [0.3, 0.4) is 0 Å². The Morgan fingerprint density at radius 1 is 1.12 bits per heavy atom. The number of rotatable bonds is 10. The summed E-state index contributed by atoms with van der Waals surface area (Å²) in [6.45, 7) is 8.76. The molecule has 6 heteroatoms. The Kier molecular flexibility index (Phi) is 8.99. The van der Waals surface area contributed by atoms with E-state index in [2.05, 4.69) is 36.2 Å². The molecule has 0 unspecified atom stereocenters. The number of methoxy groups -OCH3 is 1. The average Bonchev–Trinajstić information content (AvgIpc) is 2.82. The van der Waals surface area contributed by atoms with Gasteiger partial charge in [-0.2, -0.15) is 0 Å². The number of nitrogens with zero attached hydrogens (tertiary/aromatic N) is 1. The molecule has 0 saturated carbocycles. The normalized spacial score (nSPS) is 14.1. The molecule has 0 aromatic heterocycles. The number of ether oxygens (including phenoxy) is 3. The van der Waals surface area contributed by atoms with Crippen LogP contribution < -0.4 is 19.7 Å². The van der Waals surface area contributed by atoms with Crippen LogP contribution >= 0.6 is 0 Å². The zero-order valence-electron chi connectivity index (χ0n) is 19.3. The summed E-state index contributed by atoms with van der Waals surface area (Å²) in [5, 5.41) is 2.92. The molecule has 1 fully saturated rings. The summed E-state index contributed by atoms with van der Waals surface area (Å²) in [5.74, 6) is 1.85. The first-order valence-corrected chi connectivity index (χ1v) is 11.2. The second-order valence-electron chi connectivity index (χ2n) is 8.26. The van der Waals surface area contributed by atoms with Crippen LogP contribution in [0.2, 0.25) is 0 Å². The van der Waals surface area contributed by atoms with Gasteiger partial charge in [-0.05, 0) is 53.8 Å². The number of hydrogen-bond acceptors (Lipinski definition) is 5. The number of benzene rings is 2. The van der Waals surface area contributed by atoms with Crippen LogP contribution in [0.5, 0.6) is 11.5 Å². The van der Waals surface area contributed by atoms with E-state index in [0.717, 1.165) is 49.6 Å². The molecule has 0 radical (unpaired) electrons. The highest BCUT2D eigenvalue weighted by Crippen LogP contribution is 2.28. The Hall–Kier alpha value is -2.99. The third kappa shape index (κ3) is 7.31. The Morgan fingerprint density at radius 2 is 1.88 bits per heavy atom. The van der Waals surface area contributed by atoms with Gasteiger partial charge in [0.25, 0.3) is 0 Å². The van der Waals surface area contributed by atoms with Gasteiger partial charge in [0.2, 0.25) is 5.91 Å². The molecule has 1 amide bonds. The molecule has 32 heavy (non-hydrogen) atoms. The maximum absolute atomic E-state index is 12.3. The molecule has 0 aliphatic carbocycles. The van der Waals surface area contributed by atoms with Crippen molar-refractivity contribution in [2.24, 2.45) is 5.92 Å². The molecule has 1 heterocycles. The van der Waals surface area contributed by atoms with Gasteiger partial charge in [0, 0.05) is 31.4 Å². The van der Waals surface area contributed by atoms with Crippen LogP contribution in [0.25, 0.3) is 6.08 Å². The van der Waals surface area contributed by atoms with E-state index in [4.69, 9.17) is 14.2 Å². The van der Waals surface area contributed by atoms with Crippen LogP contribution in [0.1, 0.15) is 31.4 Å².